The van der Waals surface area contributed by atoms with Crippen molar-refractivity contribution in [3.8, 4) is 0 Å². The van der Waals surface area contributed by atoms with Gasteiger partial charge in [-0.05, 0) is 48.9 Å². The van der Waals surface area contributed by atoms with Crippen molar-refractivity contribution in [3.63, 3.8) is 0 Å². The van der Waals surface area contributed by atoms with Gasteiger partial charge in [0.05, 0.1) is 4.90 Å². The predicted octanol–water partition coefficient (Wildman–Crippen LogP) is 1.96. The summed E-state index contributed by atoms with van der Waals surface area (Å²) >= 11 is 0. The summed E-state index contributed by atoms with van der Waals surface area (Å²) in [5.74, 6) is 0. The van der Waals surface area contributed by atoms with Crippen LogP contribution in [0.15, 0.2) is 17.0 Å². The first kappa shape index (κ1) is 17.9. The molecule has 0 spiro atoms. The molecule has 0 saturated carbocycles. The number of benzene rings is 1. The van der Waals surface area contributed by atoms with E-state index in [0.29, 0.717) is 17.7 Å². The van der Waals surface area contributed by atoms with Crippen LogP contribution >= 0.6 is 0 Å². The van der Waals surface area contributed by atoms with Gasteiger partial charge in [0, 0.05) is 18.3 Å². The van der Waals surface area contributed by atoms with Crippen LogP contribution in [-0.4, -0.2) is 26.2 Å². The first-order valence-corrected chi connectivity index (χ1v) is 8.47. The van der Waals surface area contributed by atoms with Crippen LogP contribution in [0.4, 0.5) is 5.69 Å². The Morgan fingerprint density at radius 2 is 1.86 bits per heavy atom. The highest BCUT2D eigenvalue weighted by Gasteiger charge is 2.30. The molecule has 1 unspecified atom stereocenters. The lowest BCUT2D eigenvalue weighted by Gasteiger charge is -2.31. The van der Waals surface area contributed by atoms with Crippen molar-refractivity contribution in [2.75, 3.05) is 12.3 Å². The first-order chi connectivity index (χ1) is 9.49. The fourth-order valence-electron chi connectivity index (χ4n) is 2.18. The van der Waals surface area contributed by atoms with Gasteiger partial charge in [-0.2, -0.15) is 0 Å². The second-order valence-corrected chi connectivity index (χ2v) is 8.20. The molecule has 0 saturated heterocycles. The second kappa shape index (κ2) is 6.34. The summed E-state index contributed by atoms with van der Waals surface area (Å²) in [6.45, 7) is 9.34. The van der Waals surface area contributed by atoms with Crippen LogP contribution in [0.1, 0.15) is 38.3 Å². The summed E-state index contributed by atoms with van der Waals surface area (Å²) in [5, 5.41) is 9.16. The monoisotopic (exact) mass is 314 g/mol. The molecule has 4 N–H and O–H groups in total. The van der Waals surface area contributed by atoms with Gasteiger partial charge in [-0.25, -0.2) is 13.1 Å². The first-order valence-electron chi connectivity index (χ1n) is 6.99. The maximum Gasteiger partial charge on any atom is 0.241 e. The van der Waals surface area contributed by atoms with E-state index in [9.17, 15) is 8.42 Å². The topological polar surface area (TPSA) is 92.4 Å². The molecule has 1 atom stereocenters. The maximum atomic E-state index is 12.6. The highest BCUT2D eigenvalue weighted by Crippen LogP contribution is 2.26. The van der Waals surface area contributed by atoms with Gasteiger partial charge >= 0.3 is 0 Å². The van der Waals surface area contributed by atoms with Crippen LogP contribution in [0.5, 0.6) is 0 Å². The van der Waals surface area contributed by atoms with E-state index in [0.717, 1.165) is 5.56 Å². The summed E-state index contributed by atoms with van der Waals surface area (Å²) < 4.78 is 28.0. The average Bonchev–Trinajstić information content (AvgIpc) is 2.31. The third-order valence-electron chi connectivity index (χ3n) is 3.69. The van der Waals surface area contributed by atoms with E-state index < -0.39 is 10.0 Å². The Morgan fingerprint density at radius 1 is 1.29 bits per heavy atom. The van der Waals surface area contributed by atoms with Gasteiger partial charge in [-0.15, -0.1) is 0 Å². The fourth-order valence-corrected chi connectivity index (χ4v) is 4.01. The molecule has 1 aromatic rings. The molecule has 120 valence electrons. The normalized spacial score (nSPS) is 14.2. The maximum absolute atomic E-state index is 12.6. The number of hydrogen-bond acceptors (Lipinski definition) is 4. The molecule has 0 aromatic heterocycles. The number of aliphatic hydroxyl groups excluding tert-OH is 1. The van der Waals surface area contributed by atoms with Gasteiger partial charge in [0.15, 0.2) is 0 Å². The van der Waals surface area contributed by atoms with Crippen molar-refractivity contribution in [1.82, 2.24) is 4.72 Å². The van der Waals surface area contributed by atoms with Crippen LogP contribution in [-0.2, 0) is 10.0 Å². The van der Waals surface area contributed by atoms with Crippen molar-refractivity contribution in [1.29, 1.82) is 0 Å². The highest BCUT2D eigenvalue weighted by molar-refractivity contribution is 7.89. The molecular formula is C15H26N2O3S. The second-order valence-electron chi connectivity index (χ2n) is 6.51. The minimum absolute atomic E-state index is 0.0700. The van der Waals surface area contributed by atoms with Crippen LogP contribution in [0.25, 0.3) is 0 Å². The average molecular weight is 314 g/mol. The Kier molecular flexibility index (Phi) is 5.41. The smallest absolute Gasteiger partial charge is 0.241 e. The molecule has 0 radical (unpaired) electrons. The molecule has 1 aromatic carbocycles. The van der Waals surface area contributed by atoms with Crippen molar-refractivity contribution >= 4 is 15.7 Å². The van der Waals surface area contributed by atoms with Crippen molar-refractivity contribution in [2.45, 2.75) is 52.0 Å². The van der Waals surface area contributed by atoms with Crippen LogP contribution < -0.4 is 10.5 Å². The number of aryl methyl sites for hydroxylation is 1. The van der Waals surface area contributed by atoms with E-state index in [1.165, 1.54) is 6.07 Å². The fraction of sp³-hybridized carbons (Fsp3) is 0.600. The standard InChI is InChI=1S/C15H26N2O3S/c1-10-8-12(16)9-13(11(10)2)21(19,20)17-14(6-7-18)15(3,4)5/h8-9,14,17-18H,6-7,16H2,1-5H3. The number of nitrogen functional groups attached to an aromatic ring is 1. The molecule has 1 rings (SSSR count). The number of rotatable bonds is 5. The molecule has 0 heterocycles. The Balaban J connectivity index is 3.23. The van der Waals surface area contributed by atoms with Crippen LogP contribution in [0, 0.1) is 19.3 Å². The minimum Gasteiger partial charge on any atom is -0.399 e. The van der Waals surface area contributed by atoms with Crippen molar-refractivity contribution in [2.24, 2.45) is 5.41 Å². The van der Waals surface area contributed by atoms with Crippen LogP contribution in [0.2, 0.25) is 0 Å². The molecule has 0 aliphatic carbocycles. The number of sulfonamides is 1. The van der Waals surface area contributed by atoms with Gasteiger partial charge in [0.25, 0.3) is 0 Å². The molecule has 0 aliphatic rings. The largest absolute Gasteiger partial charge is 0.399 e. The molecule has 0 bridgehead atoms. The summed E-state index contributed by atoms with van der Waals surface area (Å²) in [4.78, 5) is 0.201. The molecule has 21 heavy (non-hydrogen) atoms. The Bertz CT molecular complexity index is 604. The van der Waals surface area contributed by atoms with Gasteiger partial charge in [0.1, 0.15) is 0 Å². The molecule has 0 amide bonds. The zero-order valence-corrected chi connectivity index (χ0v) is 14.2. The van der Waals surface area contributed by atoms with E-state index in [2.05, 4.69) is 4.72 Å². The molecule has 0 fully saturated rings. The third kappa shape index (κ3) is 4.43. The van der Waals surface area contributed by atoms with Gasteiger partial charge in [0.2, 0.25) is 10.0 Å². The number of anilines is 1. The van der Waals surface area contributed by atoms with E-state index >= 15 is 0 Å². The van der Waals surface area contributed by atoms with E-state index in [1.807, 2.05) is 27.7 Å². The summed E-state index contributed by atoms with van der Waals surface area (Å²) in [6, 6.07) is 2.88. The Labute approximate surface area is 127 Å². The predicted molar refractivity (Wildman–Crippen MR) is 85.6 cm³/mol. The van der Waals surface area contributed by atoms with E-state index in [1.54, 1.807) is 13.0 Å². The summed E-state index contributed by atoms with van der Waals surface area (Å²) in [6.07, 6.45) is 0.364. The number of nitrogens with two attached hydrogens (primary N) is 1. The van der Waals surface area contributed by atoms with Crippen molar-refractivity contribution in [3.05, 3.63) is 23.3 Å². The Morgan fingerprint density at radius 3 is 2.33 bits per heavy atom. The highest BCUT2D eigenvalue weighted by atomic mass is 32.2. The Hall–Kier alpha value is -1.11. The molecule has 6 heteroatoms. The zero-order chi connectivity index (χ0) is 16.4. The number of aliphatic hydroxyl groups is 1. The number of nitrogens with one attached hydrogen (secondary N) is 1. The molecule has 0 aliphatic heterocycles. The minimum atomic E-state index is -3.68. The summed E-state index contributed by atoms with van der Waals surface area (Å²) in [5.41, 5.74) is 7.43. The lowest BCUT2D eigenvalue weighted by Crippen LogP contribution is -2.44. The zero-order valence-electron chi connectivity index (χ0n) is 13.4. The van der Waals surface area contributed by atoms with E-state index in [-0.39, 0.29) is 23.0 Å². The molecule has 5 nitrogen and oxygen atoms in total. The van der Waals surface area contributed by atoms with Gasteiger partial charge < -0.3 is 10.8 Å². The lowest BCUT2D eigenvalue weighted by molar-refractivity contribution is 0.214. The summed E-state index contributed by atoms with van der Waals surface area (Å²) in [7, 11) is -3.68. The van der Waals surface area contributed by atoms with E-state index in [4.69, 9.17) is 10.8 Å². The SMILES string of the molecule is Cc1cc(N)cc(S(=O)(=O)NC(CCO)C(C)(C)C)c1C. The number of hydrogen-bond donors (Lipinski definition) is 3. The van der Waals surface area contributed by atoms with Gasteiger partial charge in [-0.1, -0.05) is 20.8 Å². The molecular weight excluding hydrogens is 288 g/mol. The third-order valence-corrected chi connectivity index (χ3v) is 5.29. The quantitative estimate of drug-likeness (QED) is 0.724. The van der Waals surface area contributed by atoms with Crippen LogP contribution in [0.3, 0.4) is 0 Å². The van der Waals surface area contributed by atoms with Gasteiger partial charge in [-0.3, -0.25) is 0 Å². The lowest BCUT2D eigenvalue weighted by atomic mass is 9.86. The van der Waals surface area contributed by atoms with Crippen molar-refractivity contribution < 1.29 is 13.5 Å².